The summed E-state index contributed by atoms with van der Waals surface area (Å²) in [6.45, 7) is 4.51. The van der Waals surface area contributed by atoms with Gasteiger partial charge in [0.15, 0.2) is 10.8 Å². The number of halogens is 1. The Morgan fingerprint density at radius 2 is 1.57 bits per heavy atom. The summed E-state index contributed by atoms with van der Waals surface area (Å²) >= 11 is 6.14. The molecule has 2 aromatic rings. The van der Waals surface area contributed by atoms with E-state index in [4.69, 9.17) is 11.6 Å². The molecule has 0 amide bonds. The van der Waals surface area contributed by atoms with Gasteiger partial charge in [0.1, 0.15) is 11.8 Å². The standard InChI is InChI=1S/C18H29ClN4/c1-3-5-7-8-10-12-15(11-9-6-4-2)23-14-22-16-17(19)20-13-21-18(16)23/h13-15H,3-12H2,1-2H3. The first kappa shape index (κ1) is 18.2. The van der Waals surface area contributed by atoms with Crippen molar-refractivity contribution in [3.05, 3.63) is 17.8 Å². The third kappa shape index (κ3) is 5.17. The van der Waals surface area contributed by atoms with Crippen molar-refractivity contribution < 1.29 is 0 Å². The number of fused-ring (bicyclic) bond motifs is 1. The molecule has 0 aliphatic heterocycles. The third-order valence-corrected chi connectivity index (χ3v) is 4.77. The summed E-state index contributed by atoms with van der Waals surface area (Å²) in [5.41, 5.74) is 1.60. The molecule has 0 saturated heterocycles. The number of imidazole rings is 1. The van der Waals surface area contributed by atoms with E-state index in [1.54, 1.807) is 0 Å². The first-order chi connectivity index (χ1) is 11.3. The summed E-state index contributed by atoms with van der Waals surface area (Å²) in [6.07, 6.45) is 16.2. The highest BCUT2D eigenvalue weighted by molar-refractivity contribution is 6.33. The average Bonchev–Trinajstić information content (AvgIpc) is 2.98. The Kier molecular flexibility index (Phi) is 7.80. The van der Waals surface area contributed by atoms with Gasteiger partial charge < -0.3 is 4.57 Å². The molecule has 2 aromatic heterocycles. The quantitative estimate of drug-likeness (QED) is 0.375. The minimum Gasteiger partial charge on any atom is -0.312 e. The van der Waals surface area contributed by atoms with Crippen molar-refractivity contribution in [2.75, 3.05) is 0 Å². The van der Waals surface area contributed by atoms with Crippen LogP contribution in [0.3, 0.4) is 0 Å². The lowest BCUT2D eigenvalue weighted by molar-refractivity contribution is 0.403. The molecule has 4 nitrogen and oxygen atoms in total. The molecule has 0 bridgehead atoms. The van der Waals surface area contributed by atoms with Crippen LogP contribution in [0.1, 0.15) is 84.1 Å². The maximum atomic E-state index is 6.14. The molecule has 1 atom stereocenters. The molecule has 0 radical (unpaired) electrons. The van der Waals surface area contributed by atoms with E-state index in [0.29, 0.717) is 11.2 Å². The lowest BCUT2D eigenvalue weighted by Gasteiger charge is -2.19. The monoisotopic (exact) mass is 336 g/mol. The van der Waals surface area contributed by atoms with Gasteiger partial charge in [0.2, 0.25) is 0 Å². The molecule has 0 spiro atoms. The van der Waals surface area contributed by atoms with E-state index in [0.717, 1.165) is 11.2 Å². The highest BCUT2D eigenvalue weighted by Gasteiger charge is 2.16. The van der Waals surface area contributed by atoms with Crippen molar-refractivity contribution in [3.8, 4) is 0 Å². The zero-order chi connectivity index (χ0) is 16.5. The van der Waals surface area contributed by atoms with Gasteiger partial charge >= 0.3 is 0 Å². The largest absolute Gasteiger partial charge is 0.312 e. The van der Waals surface area contributed by atoms with Crippen molar-refractivity contribution in [2.45, 2.75) is 84.1 Å². The molecule has 1 unspecified atom stereocenters. The molecule has 0 N–H and O–H groups in total. The fourth-order valence-electron chi connectivity index (χ4n) is 3.13. The smallest absolute Gasteiger partial charge is 0.165 e. The lowest BCUT2D eigenvalue weighted by atomic mass is 10.0. The van der Waals surface area contributed by atoms with Crippen molar-refractivity contribution in [2.24, 2.45) is 0 Å². The second kappa shape index (κ2) is 9.86. The number of hydrogen-bond acceptors (Lipinski definition) is 3. The van der Waals surface area contributed by atoms with Gasteiger partial charge in [-0.25, -0.2) is 15.0 Å². The summed E-state index contributed by atoms with van der Waals surface area (Å²) in [6, 6.07) is 0.471. The first-order valence-corrected chi connectivity index (χ1v) is 9.48. The zero-order valence-electron chi connectivity index (χ0n) is 14.5. The molecule has 5 heteroatoms. The molecule has 0 fully saturated rings. The second-order valence-electron chi connectivity index (χ2n) is 6.34. The summed E-state index contributed by atoms with van der Waals surface area (Å²) in [5.74, 6) is 0. The Balaban J connectivity index is 2.06. The van der Waals surface area contributed by atoms with E-state index >= 15 is 0 Å². The van der Waals surface area contributed by atoms with Crippen LogP contribution in [0.4, 0.5) is 0 Å². The maximum absolute atomic E-state index is 6.14. The molecule has 0 saturated carbocycles. The van der Waals surface area contributed by atoms with E-state index in [2.05, 4.69) is 33.4 Å². The molecule has 2 rings (SSSR count). The van der Waals surface area contributed by atoms with Gasteiger partial charge in [-0.05, 0) is 12.8 Å². The van der Waals surface area contributed by atoms with Gasteiger partial charge in [-0.2, -0.15) is 0 Å². The number of aromatic nitrogens is 4. The van der Waals surface area contributed by atoms with Crippen LogP contribution in [-0.2, 0) is 0 Å². The van der Waals surface area contributed by atoms with Crippen molar-refractivity contribution in [3.63, 3.8) is 0 Å². The van der Waals surface area contributed by atoms with Crippen LogP contribution in [0.15, 0.2) is 12.7 Å². The summed E-state index contributed by atoms with van der Waals surface area (Å²) < 4.78 is 2.22. The predicted molar refractivity (Wildman–Crippen MR) is 96.9 cm³/mol. The van der Waals surface area contributed by atoms with Crippen LogP contribution in [0.2, 0.25) is 5.15 Å². The molecule has 0 aliphatic carbocycles. The Hall–Kier alpha value is -1.16. The van der Waals surface area contributed by atoms with E-state index in [9.17, 15) is 0 Å². The lowest BCUT2D eigenvalue weighted by Crippen LogP contribution is -2.09. The Morgan fingerprint density at radius 3 is 2.30 bits per heavy atom. The fraction of sp³-hybridized carbons (Fsp3) is 0.722. The summed E-state index contributed by atoms with van der Waals surface area (Å²) in [7, 11) is 0. The SMILES string of the molecule is CCCCCCCC(CCCCC)n1cnc2c(Cl)ncnc21. The third-order valence-electron chi connectivity index (χ3n) is 4.49. The summed E-state index contributed by atoms with van der Waals surface area (Å²) in [5, 5.41) is 0.448. The van der Waals surface area contributed by atoms with Crippen LogP contribution in [-0.4, -0.2) is 19.5 Å². The van der Waals surface area contributed by atoms with E-state index in [1.807, 2.05) is 6.33 Å². The van der Waals surface area contributed by atoms with Crippen LogP contribution in [0, 0.1) is 0 Å². The Morgan fingerprint density at radius 1 is 0.913 bits per heavy atom. The zero-order valence-corrected chi connectivity index (χ0v) is 15.2. The minimum absolute atomic E-state index is 0.448. The van der Waals surface area contributed by atoms with Crippen LogP contribution < -0.4 is 0 Å². The first-order valence-electron chi connectivity index (χ1n) is 9.11. The van der Waals surface area contributed by atoms with E-state index < -0.39 is 0 Å². The topological polar surface area (TPSA) is 43.6 Å². The highest BCUT2D eigenvalue weighted by Crippen LogP contribution is 2.27. The van der Waals surface area contributed by atoms with Gasteiger partial charge in [0.25, 0.3) is 0 Å². The van der Waals surface area contributed by atoms with Crippen LogP contribution >= 0.6 is 11.6 Å². The van der Waals surface area contributed by atoms with E-state index in [1.165, 1.54) is 70.5 Å². The predicted octanol–water partition coefficient (Wildman–Crippen LogP) is 5.96. The van der Waals surface area contributed by atoms with Gasteiger partial charge in [0, 0.05) is 6.04 Å². The average molecular weight is 337 g/mol. The van der Waals surface area contributed by atoms with Crippen molar-refractivity contribution in [1.82, 2.24) is 19.5 Å². The van der Waals surface area contributed by atoms with Gasteiger partial charge in [0.05, 0.1) is 6.33 Å². The normalized spacial score (nSPS) is 12.8. The molecule has 0 aromatic carbocycles. The Labute approximate surface area is 144 Å². The van der Waals surface area contributed by atoms with Crippen molar-refractivity contribution in [1.29, 1.82) is 0 Å². The maximum Gasteiger partial charge on any atom is 0.165 e. The molecule has 23 heavy (non-hydrogen) atoms. The van der Waals surface area contributed by atoms with Crippen LogP contribution in [0.5, 0.6) is 0 Å². The second-order valence-corrected chi connectivity index (χ2v) is 6.70. The molecule has 2 heterocycles. The fourth-order valence-corrected chi connectivity index (χ4v) is 3.30. The highest BCUT2D eigenvalue weighted by atomic mass is 35.5. The molecule has 0 aliphatic rings. The number of nitrogens with zero attached hydrogens (tertiary/aromatic N) is 4. The van der Waals surface area contributed by atoms with Gasteiger partial charge in [-0.3, -0.25) is 0 Å². The van der Waals surface area contributed by atoms with E-state index in [-0.39, 0.29) is 0 Å². The van der Waals surface area contributed by atoms with Crippen molar-refractivity contribution >= 4 is 22.8 Å². The number of hydrogen-bond donors (Lipinski definition) is 0. The number of unbranched alkanes of at least 4 members (excludes halogenated alkanes) is 6. The molecular formula is C18H29ClN4. The van der Waals surface area contributed by atoms with Gasteiger partial charge in [-0.15, -0.1) is 0 Å². The summed E-state index contributed by atoms with van der Waals surface area (Å²) in [4.78, 5) is 12.9. The number of rotatable bonds is 11. The van der Waals surface area contributed by atoms with Gasteiger partial charge in [-0.1, -0.05) is 76.8 Å². The Bertz CT molecular complexity index is 581. The minimum atomic E-state index is 0.448. The molecular weight excluding hydrogens is 308 g/mol. The molecule has 128 valence electrons. The van der Waals surface area contributed by atoms with Crippen LogP contribution in [0.25, 0.3) is 11.2 Å².